The van der Waals surface area contributed by atoms with E-state index in [9.17, 15) is 0 Å². The summed E-state index contributed by atoms with van der Waals surface area (Å²) < 4.78 is 0. The van der Waals surface area contributed by atoms with Gasteiger partial charge in [0.25, 0.3) is 0 Å². The fourth-order valence-electron chi connectivity index (χ4n) is 2.84. The minimum absolute atomic E-state index is 0.323. The van der Waals surface area contributed by atoms with E-state index >= 15 is 0 Å². The summed E-state index contributed by atoms with van der Waals surface area (Å²) in [5.41, 5.74) is 4.45. The fourth-order valence-corrected chi connectivity index (χ4v) is 2.84. The van der Waals surface area contributed by atoms with Crippen molar-refractivity contribution in [2.75, 3.05) is 11.4 Å². The van der Waals surface area contributed by atoms with Gasteiger partial charge in [0.2, 0.25) is 5.95 Å². The molecule has 2 aromatic rings. The van der Waals surface area contributed by atoms with Gasteiger partial charge in [-0.3, -0.25) is 5.10 Å². The van der Waals surface area contributed by atoms with Crippen molar-refractivity contribution in [3.05, 3.63) is 34.9 Å². The predicted molar refractivity (Wildman–Crippen MR) is 74.2 cm³/mol. The summed E-state index contributed by atoms with van der Waals surface area (Å²) >= 11 is 0. The van der Waals surface area contributed by atoms with Gasteiger partial charge in [0.15, 0.2) is 0 Å². The Bertz CT molecular complexity index is 569. The molecule has 1 aliphatic heterocycles. The Morgan fingerprint density at radius 3 is 2.58 bits per heavy atom. The van der Waals surface area contributed by atoms with Crippen LogP contribution in [0.25, 0.3) is 0 Å². The molecule has 3 heterocycles. The molecule has 0 radical (unpaired) electrons. The number of hydrogen-bond donors (Lipinski definition) is 1. The lowest BCUT2D eigenvalue weighted by molar-refractivity contribution is 0.670. The van der Waals surface area contributed by atoms with Gasteiger partial charge in [0.1, 0.15) is 0 Å². The molecule has 19 heavy (non-hydrogen) atoms. The molecule has 1 unspecified atom stereocenters. The first-order chi connectivity index (χ1) is 9.15. The minimum atomic E-state index is 0.323. The molecule has 3 rings (SSSR count). The Kier molecular flexibility index (Phi) is 2.97. The van der Waals surface area contributed by atoms with Crippen LogP contribution in [0.5, 0.6) is 0 Å². The average Bonchev–Trinajstić information content (AvgIpc) is 2.95. The van der Waals surface area contributed by atoms with E-state index < -0.39 is 0 Å². The maximum Gasteiger partial charge on any atom is 0.226 e. The van der Waals surface area contributed by atoms with E-state index in [2.05, 4.69) is 32.0 Å². The van der Waals surface area contributed by atoms with Crippen molar-refractivity contribution in [2.45, 2.75) is 39.7 Å². The van der Waals surface area contributed by atoms with E-state index in [4.69, 9.17) is 0 Å². The summed E-state index contributed by atoms with van der Waals surface area (Å²) in [6.07, 6.45) is 4.17. The van der Waals surface area contributed by atoms with E-state index in [-0.39, 0.29) is 0 Å². The maximum atomic E-state index is 4.59. The smallest absolute Gasteiger partial charge is 0.226 e. The highest BCUT2D eigenvalue weighted by Gasteiger charge is 2.30. The number of rotatable bonds is 2. The van der Waals surface area contributed by atoms with E-state index in [1.54, 1.807) is 0 Å². The van der Waals surface area contributed by atoms with Crippen LogP contribution in [0.1, 0.15) is 41.5 Å². The van der Waals surface area contributed by atoms with Crippen LogP contribution in [-0.4, -0.2) is 26.7 Å². The van der Waals surface area contributed by atoms with Crippen LogP contribution in [0.4, 0.5) is 5.95 Å². The zero-order chi connectivity index (χ0) is 13.4. The second-order valence-corrected chi connectivity index (χ2v) is 5.27. The summed E-state index contributed by atoms with van der Waals surface area (Å²) in [6.45, 7) is 7.14. The van der Waals surface area contributed by atoms with Gasteiger partial charge >= 0.3 is 0 Å². The topological polar surface area (TPSA) is 57.7 Å². The van der Waals surface area contributed by atoms with Gasteiger partial charge in [-0.15, -0.1) is 0 Å². The SMILES string of the molecule is Cc1cc(C)nc(N2CCCC2c2[nH]ncc2C)n1. The average molecular weight is 257 g/mol. The largest absolute Gasteiger partial charge is 0.332 e. The van der Waals surface area contributed by atoms with Gasteiger partial charge in [0.05, 0.1) is 17.9 Å². The lowest BCUT2D eigenvalue weighted by Crippen LogP contribution is -2.25. The summed E-state index contributed by atoms with van der Waals surface area (Å²) in [5, 5.41) is 7.27. The number of aromatic nitrogens is 4. The molecule has 1 atom stereocenters. The first kappa shape index (κ1) is 12.1. The molecule has 1 fully saturated rings. The molecule has 1 saturated heterocycles. The highest BCUT2D eigenvalue weighted by Crippen LogP contribution is 2.34. The van der Waals surface area contributed by atoms with Crippen LogP contribution in [-0.2, 0) is 0 Å². The standard InChI is InChI=1S/C14H19N5/c1-9-8-15-18-13(9)12-5-4-6-19(12)14-16-10(2)7-11(3)17-14/h7-8,12H,4-6H2,1-3H3,(H,15,18). The molecular formula is C14H19N5. The van der Waals surface area contributed by atoms with Crippen LogP contribution < -0.4 is 4.90 Å². The Hall–Kier alpha value is -1.91. The van der Waals surface area contributed by atoms with Gasteiger partial charge in [-0.05, 0) is 45.2 Å². The second-order valence-electron chi connectivity index (χ2n) is 5.27. The number of hydrogen-bond acceptors (Lipinski definition) is 4. The van der Waals surface area contributed by atoms with Crippen LogP contribution >= 0.6 is 0 Å². The Balaban J connectivity index is 1.97. The quantitative estimate of drug-likeness (QED) is 0.898. The number of aromatic amines is 1. The zero-order valence-electron chi connectivity index (χ0n) is 11.6. The summed E-state index contributed by atoms with van der Waals surface area (Å²) in [7, 11) is 0. The lowest BCUT2D eigenvalue weighted by Gasteiger charge is -2.24. The van der Waals surface area contributed by atoms with Gasteiger partial charge in [-0.25, -0.2) is 9.97 Å². The summed E-state index contributed by atoms with van der Waals surface area (Å²) in [5.74, 6) is 0.842. The Morgan fingerprint density at radius 2 is 1.95 bits per heavy atom. The monoisotopic (exact) mass is 257 g/mol. The van der Waals surface area contributed by atoms with Gasteiger partial charge < -0.3 is 4.90 Å². The number of H-pyrrole nitrogens is 1. The molecule has 5 heteroatoms. The van der Waals surface area contributed by atoms with Gasteiger partial charge in [-0.1, -0.05) is 0 Å². The minimum Gasteiger partial charge on any atom is -0.332 e. The van der Waals surface area contributed by atoms with Crippen LogP contribution in [0.3, 0.4) is 0 Å². The second kappa shape index (κ2) is 4.64. The molecule has 2 aromatic heterocycles. The third-order valence-corrected chi connectivity index (χ3v) is 3.68. The highest BCUT2D eigenvalue weighted by atomic mass is 15.3. The van der Waals surface area contributed by atoms with E-state index in [0.29, 0.717) is 6.04 Å². The first-order valence-corrected chi connectivity index (χ1v) is 6.74. The summed E-state index contributed by atoms with van der Waals surface area (Å²) in [4.78, 5) is 11.5. The zero-order valence-corrected chi connectivity index (χ0v) is 11.6. The third-order valence-electron chi connectivity index (χ3n) is 3.68. The fraction of sp³-hybridized carbons (Fsp3) is 0.500. The molecule has 0 aromatic carbocycles. The maximum absolute atomic E-state index is 4.59. The van der Waals surface area contributed by atoms with Crippen LogP contribution in [0, 0.1) is 20.8 Å². The van der Waals surface area contributed by atoms with Crippen molar-refractivity contribution < 1.29 is 0 Å². The van der Waals surface area contributed by atoms with Crippen molar-refractivity contribution in [1.29, 1.82) is 0 Å². The number of nitrogens with one attached hydrogen (secondary N) is 1. The van der Waals surface area contributed by atoms with Gasteiger partial charge in [-0.2, -0.15) is 5.10 Å². The number of aryl methyl sites for hydroxylation is 3. The third kappa shape index (κ3) is 2.20. The molecule has 0 saturated carbocycles. The molecule has 1 aliphatic rings. The molecule has 100 valence electrons. The molecule has 0 amide bonds. The Labute approximate surface area is 113 Å². The Morgan fingerprint density at radius 1 is 1.21 bits per heavy atom. The van der Waals surface area contributed by atoms with Gasteiger partial charge in [0, 0.05) is 17.9 Å². The normalized spacial score (nSPS) is 19.1. The van der Waals surface area contributed by atoms with E-state index in [1.807, 2.05) is 26.1 Å². The van der Waals surface area contributed by atoms with Crippen LogP contribution in [0.15, 0.2) is 12.3 Å². The lowest BCUT2D eigenvalue weighted by atomic mass is 10.1. The van der Waals surface area contributed by atoms with Crippen LogP contribution in [0.2, 0.25) is 0 Å². The molecule has 0 bridgehead atoms. The summed E-state index contributed by atoms with van der Waals surface area (Å²) in [6, 6.07) is 2.33. The van der Waals surface area contributed by atoms with E-state index in [0.717, 1.165) is 30.3 Å². The molecular weight excluding hydrogens is 238 g/mol. The highest BCUT2D eigenvalue weighted by molar-refractivity contribution is 5.39. The van der Waals surface area contributed by atoms with Crippen molar-refractivity contribution >= 4 is 5.95 Å². The number of nitrogens with zero attached hydrogens (tertiary/aromatic N) is 4. The van der Waals surface area contributed by atoms with Crippen molar-refractivity contribution in [3.8, 4) is 0 Å². The van der Waals surface area contributed by atoms with Crippen molar-refractivity contribution in [3.63, 3.8) is 0 Å². The van der Waals surface area contributed by atoms with Crippen molar-refractivity contribution in [2.24, 2.45) is 0 Å². The predicted octanol–water partition coefficient (Wildman–Crippen LogP) is 2.47. The van der Waals surface area contributed by atoms with E-state index in [1.165, 1.54) is 17.7 Å². The molecule has 0 spiro atoms. The number of anilines is 1. The van der Waals surface area contributed by atoms with Crippen molar-refractivity contribution in [1.82, 2.24) is 20.2 Å². The molecule has 0 aliphatic carbocycles. The molecule has 1 N–H and O–H groups in total. The molecule has 5 nitrogen and oxygen atoms in total. The first-order valence-electron chi connectivity index (χ1n) is 6.74.